The molecule has 6 nitrogen and oxygen atoms in total. The van der Waals surface area contributed by atoms with Crippen LogP contribution in [0.15, 0.2) is 0 Å². The fraction of sp³-hybridized carbons (Fsp3) is 0.571. The molecular formula is C14H22N4O2S. The minimum atomic E-state index is -0.591. The number of nitrogens with two attached hydrogens (primary N) is 2. The molecule has 0 spiro atoms. The van der Waals surface area contributed by atoms with Crippen molar-refractivity contribution in [3.05, 3.63) is 10.4 Å². The number of piperidine rings is 1. The normalized spacial score (nSPS) is 22.1. The number of nitrogen functional groups attached to an aromatic ring is 1. The van der Waals surface area contributed by atoms with E-state index in [1.807, 2.05) is 0 Å². The predicted octanol–water partition coefficient (Wildman–Crippen LogP) is 1.27. The van der Waals surface area contributed by atoms with Crippen LogP contribution in [0, 0.1) is 11.8 Å². The third kappa shape index (κ3) is 2.97. The van der Waals surface area contributed by atoms with E-state index in [1.54, 1.807) is 7.05 Å². The Kier molecular flexibility index (Phi) is 4.41. The number of carbonyl (C=O) groups excluding carboxylic acids is 2. The number of thiophene rings is 1. The van der Waals surface area contributed by atoms with Gasteiger partial charge in [-0.05, 0) is 18.3 Å². The zero-order valence-corrected chi connectivity index (χ0v) is 13.4. The average molecular weight is 310 g/mol. The number of nitrogens with one attached hydrogen (secondary N) is 1. The molecular weight excluding hydrogens is 288 g/mol. The Labute approximate surface area is 128 Å². The molecule has 1 aliphatic rings. The standard InChI is InChI=1S/C14H22N4O2S/c1-7-4-8(2)6-18(5-7)14-9(13(20)17-3)10(15)11(21-14)12(16)19/h7-8H,4-6,15H2,1-3H3,(H2,16,19)(H,17,20). The quantitative estimate of drug-likeness (QED) is 0.782. The van der Waals surface area contributed by atoms with Crippen molar-refractivity contribution in [2.45, 2.75) is 20.3 Å². The third-order valence-corrected chi connectivity index (χ3v) is 5.04. The van der Waals surface area contributed by atoms with Gasteiger partial charge in [-0.1, -0.05) is 13.8 Å². The van der Waals surface area contributed by atoms with Gasteiger partial charge in [0.25, 0.3) is 11.8 Å². The first-order valence-corrected chi connectivity index (χ1v) is 7.85. The minimum Gasteiger partial charge on any atom is -0.397 e. The summed E-state index contributed by atoms with van der Waals surface area (Å²) in [6.45, 7) is 6.08. The highest BCUT2D eigenvalue weighted by atomic mass is 32.1. The smallest absolute Gasteiger partial charge is 0.260 e. The van der Waals surface area contributed by atoms with Crippen molar-refractivity contribution < 1.29 is 9.59 Å². The van der Waals surface area contributed by atoms with Crippen molar-refractivity contribution in [3.8, 4) is 0 Å². The Hall–Kier alpha value is -1.76. The largest absolute Gasteiger partial charge is 0.397 e. The van der Waals surface area contributed by atoms with Crippen molar-refractivity contribution in [3.63, 3.8) is 0 Å². The molecule has 0 aromatic carbocycles. The molecule has 2 rings (SSSR count). The van der Waals surface area contributed by atoms with Gasteiger partial charge in [0.1, 0.15) is 9.88 Å². The number of hydrogen-bond acceptors (Lipinski definition) is 5. The molecule has 2 heterocycles. The molecule has 2 atom stereocenters. The molecule has 1 fully saturated rings. The first-order valence-electron chi connectivity index (χ1n) is 7.04. The number of anilines is 2. The monoisotopic (exact) mass is 310 g/mol. The van der Waals surface area contributed by atoms with Gasteiger partial charge in [-0.2, -0.15) is 0 Å². The van der Waals surface area contributed by atoms with E-state index in [4.69, 9.17) is 11.5 Å². The summed E-state index contributed by atoms with van der Waals surface area (Å²) >= 11 is 1.21. The molecule has 5 N–H and O–H groups in total. The van der Waals surface area contributed by atoms with Crippen molar-refractivity contribution in [1.29, 1.82) is 0 Å². The maximum Gasteiger partial charge on any atom is 0.260 e. The number of carbonyl (C=O) groups is 2. The molecule has 21 heavy (non-hydrogen) atoms. The third-order valence-electron chi connectivity index (χ3n) is 3.76. The molecule has 0 aliphatic carbocycles. The SMILES string of the molecule is CNC(=O)c1c(N2CC(C)CC(C)C2)sc(C(N)=O)c1N. The lowest BCUT2D eigenvalue weighted by Gasteiger charge is -2.36. The van der Waals surface area contributed by atoms with E-state index < -0.39 is 5.91 Å². The van der Waals surface area contributed by atoms with Crippen LogP contribution in [0.1, 0.15) is 40.3 Å². The maximum atomic E-state index is 12.1. The van der Waals surface area contributed by atoms with Crippen molar-refractivity contribution in [2.24, 2.45) is 17.6 Å². The summed E-state index contributed by atoms with van der Waals surface area (Å²) in [5.41, 5.74) is 11.9. The van der Waals surface area contributed by atoms with Crippen LogP contribution in [0.4, 0.5) is 10.7 Å². The van der Waals surface area contributed by atoms with E-state index in [0.29, 0.717) is 17.4 Å². The van der Waals surface area contributed by atoms with Gasteiger partial charge in [-0.3, -0.25) is 9.59 Å². The average Bonchev–Trinajstić information content (AvgIpc) is 2.74. The van der Waals surface area contributed by atoms with Crippen LogP contribution in [-0.2, 0) is 0 Å². The number of hydrogen-bond donors (Lipinski definition) is 3. The molecule has 0 saturated carbocycles. The molecule has 1 saturated heterocycles. The Bertz CT molecular complexity index is 560. The first kappa shape index (κ1) is 15.6. The van der Waals surface area contributed by atoms with Gasteiger partial charge in [0.15, 0.2) is 0 Å². The maximum absolute atomic E-state index is 12.1. The lowest BCUT2D eigenvalue weighted by atomic mass is 9.92. The molecule has 0 radical (unpaired) electrons. The van der Waals surface area contributed by atoms with E-state index in [9.17, 15) is 9.59 Å². The molecule has 1 aromatic heterocycles. The van der Waals surface area contributed by atoms with Crippen LogP contribution in [0.3, 0.4) is 0 Å². The van der Waals surface area contributed by atoms with Gasteiger partial charge in [-0.25, -0.2) is 0 Å². The first-order chi connectivity index (χ1) is 9.85. The van der Waals surface area contributed by atoms with Crippen LogP contribution < -0.4 is 21.7 Å². The Balaban J connectivity index is 2.48. The Morgan fingerprint density at radius 1 is 1.29 bits per heavy atom. The van der Waals surface area contributed by atoms with E-state index in [0.717, 1.165) is 24.5 Å². The summed E-state index contributed by atoms with van der Waals surface area (Å²) in [4.78, 5) is 26.1. The second kappa shape index (κ2) is 5.93. The van der Waals surface area contributed by atoms with Gasteiger partial charge in [0.05, 0.1) is 11.3 Å². The van der Waals surface area contributed by atoms with E-state index in [2.05, 4.69) is 24.1 Å². The molecule has 7 heteroatoms. The molecule has 0 bridgehead atoms. The van der Waals surface area contributed by atoms with E-state index in [-0.39, 0.29) is 16.5 Å². The second-order valence-corrected chi connectivity index (χ2v) is 6.82. The molecule has 1 aromatic rings. The summed E-state index contributed by atoms with van der Waals surface area (Å²) in [5.74, 6) is 0.197. The van der Waals surface area contributed by atoms with Crippen LogP contribution in [0.5, 0.6) is 0 Å². The van der Waals surface area contributed by atoms with E-state index in [1.165, 1.54) is 11.3 Å². The molecule has 1 aliphatic heterocycles. The molecule has 116 valence electrons. The zero-order chi connectivity index (χ0) is 15.7. The Morgan fingerprint density at radius 2 is 1.86 bits per heavy atom. The van der Waals surface area contributed by atoms with Crippen LogP contribution in [0.2, 0.25) is 0 Å². The van der Waals surface area contributed by atoms with Crippen LogP contribution >= 0.6 is 11.3 Å². The number of rotatable bonds is 3. The van der Waals surface area contributed by atoms with Crippen molar-refractivity contribution in [2.75, 3.05) is 30.8 Å². The van der Waals surface area contributed by atoms with Crippen molar-refractivity contribution >= 4 is 33.8 Å². The summed E-state index contributed by atoms with van der Waals surface area (Å²) in [6, 6.07) is 0. The highest BCUT2D eigenvalue weighted by molar-refractivity contribution is 7.19. The molecule has 2 amide bonds. The number of nitrogens with zero attached hydrogens (tertiary/aromatic N) is 1. The Morgan fingerprint density at radius 3 is 2.33 bits per heavy atom. The fourth-order valence-electron chi connectivity index (χ4n) is 3.01. The summed E-state index contributed by atoms with van der Waals surface area (Å²) in [5, 5.41) is 3.33. The summed E-state index contributed by atoms with van der Waals surface area (Å²) in [7, 11) is 1.55. The minimum absolute atomic E-state index is 0.188. The van der Waals surface area contributed by atoms with Gasteiger partial charge in [0, 0.05) is 20.1 Å². The lowest BCUT2D eigenvalue weighted by molar-refractivity contribution is 0.0964. The van der Waals surface area contributed by atoms with Gasteiger partial charge in [0.2, 0.25) is 0 Å². The summed E-state index contributed by atoms with van der Waals surface area (Å²) < 4.78 is 0. The highest BCUT2D eigenvalue weighted by Gasteiger charge is 2.30. The topological polar surface area (TPSA) is 101 Å². The van der Waals surface area contributed by atoms with E-state index >= 15 is 0 Å². The van der Waals surface area contributed by atoms with Crippen LogP contribution in [-0.4, -0.2) is 32.0 Å². The lowest BCUT2D eigenvalue weighted by Crippen LogP contribution is -2.39. The zero-order valence-electron chi connectivity index (χ0n) is 12.6. The second-order valence-electron chi connectivity index (χ2n) is 5.82. The predicted molar refractivity (Wildman–Crippen MR) is 85.8 cm³/mol. The van der Waals surface area contributed by atoms with Gasteiger partial charge >= 0.3 is 0 Å². The fourth-order valence-corrected chi connectivity index (χ4v) is 4.10. The van der Waals surface area contributed by atoms with Gasteiger partial charge in [-0.15, -0.1) is 11.3 Å². The number of amides is 2. The summed E-state index contributed by atoms with van der Waals surface area (Å²) in [6.07, 6.45) is 1.16. The highest BCUT2D eigenvalue weighted by Crippen LogP contribution is 2.40. The van der Waals surface area contributed by atoms with Crippen molar-refractivity contribution in [1.82, 2.24) is 5.32 Å². The number of primary amides is 1. The molecule has 2 unspecified atom stereocenters. The van der Waals surface area contributed by atoms with Gasteiger partial charge < -0.3 is 21.7 Å². The van der Waals surface area contributed by atoms with Crippen LogP contribution in [0.25, 0.3) is 0 Å².